The van der Waals surface area contributed by atoms with Crippen molar-refractivity contribution in [2.75, 3.05) is 19.8 Å². The maximum absolute atomic E-state index is 11.6. The summed E-state index contributed by atoms with van der Waals surface area (Å²) in [6.07, 6.45) is 1.99. The number of carbonyl (C=O) groups is 2. The van der Waals surface area contributed by atoms with E-state index < -0.39 is 18.2 Å². The molecule has 3 atom stereocenters. The molecule has 3 unspecified atom stereocenters. The number of esters is 2. The van der Waals surface area contributed by atoms with E-state index in [9.17, 15) is 14.7 Å². The van der Waals surface area contributed by atoms with Crippen LogP contribution in [0.2, 0.25) is 0 Å². The summed E-state index contributed by atoms with van der Waals surface area (Å²) in [6, 6.07) is 0. The van der Waals surface area contributed by atoms with E-state index in [1.165, 1.54) is 0 Å². The molecule has 0 aromatic rings. The van der Waals surface area contributed by atoms with Crippen molar-refractivity contribution >= 4 is 11.9 Å². The van der Waals surface area contributed by atoms with Gasteiger partial charge in [0, 0.05) is 0 Å². The number of ether oxygens (including phenoxy) is 3. The van der Waals surface area contributed by atoms with Gasteiger partial charge in [0.25, 0.3) is 0 Å². The summed E-state index contributed by atoms with van der Waals surface area (Å²) in [4.78, 5) is 22.7. The average Bonchev–Trinajstić information content (AvgIpc) is 3.18. The molecule has 2 fully saturated rings. The normalized spacial score (nSPS) is 30.6. The molecule has 2 rings (SSSR count). The molecule has 1 aliphatic heterocycles. The maximum atomic E-state index is 11.6. The maximum Gasteiger partial charge on any atom is 0.337 e. The first-order valence-electron chi connectivity index (χ1n) is 6.30. The highest BCUT2D eigenvalue weighted by Crippen LogP contribution is 2.25. The van der Waals surface area contributed by atoms with Gasteiger partial charge in [-0.25, -0.2) is 4.79 Å². The lowest BCUT2D eigenvalue weighted by Crippen LogP contribution is -2.28. The summed E-state index contributed by atoms with van der Waals surface area (Å²) in [5.41, 5.74) is 0. The van der Waals surface area contributed by atoms with Gasteiger partial charge in [0.2, 0.25) is 0 Å². The zero-order valence-electron chi connectivity index (χ0n) is 10.2. The number of epoxide rings is 1. The van der Waals surface area contributed by atoms with Crippen molar-refractivity contribution in [3.63, 3.8) is 0 Å². The molecule has 1 aliphatic carbocycles. The van der Waals surface area contributed by atoms with E-state index in [-0.39, 0.29) is 25.1 Å². The van der Waals surface area contributed by atoms with Gasteiger partial charge in [-0.3, -0.25) is 4.79 Å². The summed E-state index contributed by atoms with van der Waals surface area (Å²) in [5.74, 6) is -0.942. The van der Waals surface area contributed by atoms with Gasteiger partial charge >= 0.3 is 11.9 Å². The van der Waals surface area contributed by atoms with Gasteiger partial charge in [-0.15, -0.1) is 0 Å². The third-order valence-electron chi connectivity index (χ3n) is 3.15. The smallest absolute Gasteiger partial charge is 0.337 e. The third kappa shape index (κ3) is 3.96. The summed E-state index contributed by atoms with van der Waals surface area (Å²) in [6.45, 7) is 0.530. The Balaban J connectivity index is 1.57. The number of carbonyl (C=O) groups excluding carboxylic acids is 2. The molecule has 2 aliphatic rings. The molecule has 1 saturated heterocycles. The standard InChI is InChI=1S/C12H18O6/c13-9-3-1-2-8(6-9)11(14)16-4-5-17-12(15)10-7-18-10/h8-10,13H,1-7H2. The van der Waals surface area contributed by atoms with Crippen LogP contribution in [0.1, 0.15) is 25.7 Å². The molecule has 18 heavy (non-hydrogen) atoms. The lowest BCUT2D eigenvalue weighted by atomic mass is 9.87. The van der Waals surface area contributed by atoms with E-state index in [2.05, 4.69) is 0 Å². The van der Waals surface area contributed by atoms with E-state index in [1.54, 1.807) is 0 Å². The SMILES string of the molecule is O=C(OCCOC(=O)C1CO1)C1CCCC(O)C1. The van der Waals surface area contributed by atoms with Crippen molar-refractivity contribution in [3.8, 4) is 0 Å². The minimum atomic E-state index is -0.422. The molecule has 6 heteroatoms. The quantitative estimate of drug-likeness (QED) is 0.425. The Labute approximate surface area is 105 Å². The van der Waals surface area contributed by atoms with Crippen LogP contribution in [0.3, 0.4) is 0 Å². The van der Waals surface area contributed by atoms with E-state index >= 15 is 0 Å². The highest BCUT2D eigenvalue weighted by Gasteiger charge is 2.33. The van der Waals surface area contributed by atoms with Crippen LogP contribution in [0, 0.1) is 5.92 Å². The van der Waals surface area contributed by atoms with Gasteiger partial charge in [0.15, 0.2) is 6.10 Å². The fraction of sp³-hybridized carbons (Fsp3) is 0.833. The molecule has 6 nitrogen and oxygen atoms in total. The van der Waals surface area contributed by atoms with Crippen LogP contribution in [-0.2, 0) is 23.8 Å². The highest BCUT2D eigenvalue weighted by molar-refractivity contribution is 5.77. The number of hydrogen-bond acceptors (Lipinski definition) is 6. The van der Waals surface area contributed by atoms with E-state index in [1.807, 2.05) is 0 Å². The highest BCUT2D eigenvalue weighted by atomic mass is 16.6. The van der Waals surface area contributed by atoms with Crippen molar-refractivity contribution in [1.82, 2.24) is 0 Å². The minimum absolute atomic E-state index is 0.0553. The van der Waals surface area contributed by atoms with Gasteiger partial charge in [0.1, 0.15) is 13.2 Å². The van der Waals surface area contributed by atoms with E-state index in [0.717, 1.165) is 19.3 Å². The zero-order valence-corrected chi connectivity index (χ0v) is 10.2. The lowest BCUT2D eigenvalue weighted by Gasteiger charge is -2.24. The van der Waals surface area contributed by atoms with Crippen LogP contribution in [0.4, 0.5) is 0 Å². The predicted octanol–water partition coefficient (Wildman–Crippen LogP) is 0.0227. The first-order chi connectivity index (χ1) is 8.66. The van der Waals surface area contributed by atoms with Crippen molar-refractivity contribution in [1.29, 1.82) is 0 Å². The molecular weight excluding hydrogens is 240 g/mol. The predicted molar refractivity (Wildman–Crippen MR) is 59.6 cm³/mol. The zero-order chi connectivity index (χ0) is 13.0. The molecule has 1 saturated carbocycles. The Kier molecular flexibility index (Phi) is 4.54. The minimum Gasteiger partial charge on any atom is -0.462 e. The van der Waals surface area contributed by atoms with Gasteiger partial charge < -0.3 is 19.3 Å². The Bertz CT molecular complexity index is 312. The lowest BCUT2D eigenvalue weighted by molar-refractivity contribution is -0.157. The molecule has 1 heterocycles. The summed E-state index contributed by atoms with van der Waals surface area (Å²) in [5, 5.41) is 9.45. The molecule has 0 bridgehead atoms. The van der Waals surface area contributed by atoms with Crippen LogP contribution in [0.25, 0.3) is 0 Å². The summed E-state index contributed by atoms with van der Waals surface area (Å²) >= 11 is 0. The molecule has 0 aromatic heterocycles. The largest absolute Gasteiger partial charge is 0.462 e. The van der Waals surface area contributed by atoms with Crippen LogP contribution < -0.4 is 0 Å². The van der Waals surface area contributed by atoms with Gasteiger partial charge in [-0.2, -0.15) is 0 Å². The van der Waals surface area contributed by atoms with E-state index in [4.69, 9.17) is 14.2 Å². The van der Waals surface area contributed by atoms with Crippen molar-refractivity contribution in [3.05, 3.63) is 0 Å². The molecule has 0 amide bonds. The van der Waals surface area contributed by atoms with Crippen LogP contribution >= 0.6 is 0 Å². The van der Waals surface area contributed by atoms with Crippen LogP contribution in [0.5, 0.6) is 0 Å². The van der Waals surface area contributed by atoms with Crippen molar-refractivity contribution in [2.45, 2.75) is 37.9 Å². The first kappa shape index (κ1) is 13.3. The Morgan fingerprint density at radius 3 is 2.44 bits per heavy atom. The Hall–Kier alpha value is -1.14. The first-order valence-corrected chi connectivity index (χ1v) is 6.30. The van der Waals surface area contributed by atoms with Gasteiger partial charge in [0.05, 0.1) is 18.6 Å². The van der Waals surface area contributed by atoms with Crippen LogP contribution in [0.15, 0.2) is 0 Å². The van der Waals surface area contributed by atoms with Crippen molar-refractivity contribution in [2.24, 2.45) is 5.92 Å². The number of aliphatic hydroxyl groups is 1. The molecule has 0 aromatic carbocycles. The van der Waals surface area contributed by atoms with Gasteiger partial charge in [-0.1, -0.05) is 6.42 Å². The number of aliphatic hydroxyl groups excluding tert-OH is 1. The summed E-state index contributed by atoms with van der Waals surface area (Å²) < 4.78 is 14.6. The monoisotopic (exact) mass is 258 g/mol. The fourth-order valence-corrected chi connectivity index (χ4v) is 2.06. The van der Waals surface area contributed by atoms with Gasteiger partial charge in [-0.05, 0) is 19.3 Å². The number of hydrogen-bond donors (Lipinski definition) is 1. The molecule has 102 valence electrons. The molecule has 0 radical (unpaired) electrons. The average molecular weight is 258 g/mol. The topological polar surface area (TPSA) is 85.4 Å². The van der Waals surface area contributed by atoms with Crippen LogP contribution in [-0.4, -0.2) is 49.1 Å². The molecule has 0 spiro atoms. The molecule has 1 N–H and O–H groups in total. The Morgan fingerprint density at radius 1 is 1.17 bits per heavy atom. The fourth-order valence-electron chi connectivity index (χ4n) is 2.06. The second kappa shape index (κ2) is 6.15. The second-order valence-electron chi connectivity index (χ2n) is 4.67. The second-order valence-corrected chi connectivity index (χ2v) is 4.67. The molecular formula is C12H18O6. The summed E-state index contributed by atoms with van der Waals surface area (Å²) in [7, 11) is 0. The van der Waals surface area contributed by atoms with Crippen molar-refractivity contribution < 1.29 is 28.9 Å². The Morgan fingerprint density at radius 2 is 1.83 bits per heavy atom. The third-order valence-corrected chi connectivity index (χ3v) is 3.15. The number of rotatable bonds is 5. The van der Waals surface area contributed by atoms with E-state index in [0.29, 0.717) is 13.0 Å².